The maximum absolute atomic E-state index is 8.17. The molecular weight excluding hydrogens is 102 g/mol. The van der Waals surface area contributed by atoms with Gasteiger partial charge in [-0.25, -0.2) is 0 Å². The molecule has 8 heavy (non-hydrogen) atoms. The lowest BCUT2D eigenvalue weighted by Gasteiger charge is -2.05. The van der Waals surface area contributed by atoms with Crippen LogP contribution in [0.15, 0.2) is 0 Å². The van der Waals surface area contributed by atoms with Gasteiger partial charge >= 0.3 is 0 Å². The molecule has 0 fully saturated rings. The molecule has 0 amide bonds. The van der Waals surface area contributed by atoms with Crippen molar-refractivity contribution < 1.29 is 0 Å². The Kier molecular flexibility index (Phi) is 2.63. The normalized spacial score (nSPS) is 7.62. The molecule has 3 nitrogen and oxygen atoms in total. The van der Waals surface area contributed by atoms with E-state index in [0.29, 0.717) is 12.3 Å². The molecular formula is C5H9N3. The second-order valence-corrected chi connectivity index (χ2v) is 1.46. The SMILES string of the molecule is CCC(=N)N(C)C#N. The number of nitrogens with one attached hydrogen (secondary N) is 1. The number of hydrogen-bond acceptors (Lipinski definition) is 2. The van der Waals surface area contributed by atoms with Crippen LogP contribution in [0.2, 0.25) is 0 Å². The van der Waals surface area contributed by atoms with Crippen LogP contribution >= 0.6 is 0 Å². The van der Waals surface area contributed by atoms with Crippen LogP contribution in [0.25, 0.3) is 0 Å². The molecule has 0 unspecified atom stereocenters. The van der Waals surface area contributed by atoms with Gasteiger partial charge in [0.15, 0.2) is 6.19 Å². The summed E-state index contributed by atoms with van der Waals surface area (Å²) in [6.45, 7) is 1.84. The van der Waals surface area contributed by atoms with E-state index in [-0.39, 0.29) is 0 Å². The fourth-order valence-corrected chi connectivity index (χ4v) is 0.298. The van der Waals surface area contributed by atoms with Crippen LogP contribution in [0.3, 0.4) is 0 Å². The second kappa shape index (κ2) is 3.03. The smallest absolute Gasteiger partial charge is 0.184 e. The molecule has 0 aromatic carbocycles. The summed E-state index contributed by atoms with van der Waals surface area (Å²) in [7, 11) is 1.58. The standard InChI is InChI=1S/C5H9N3/c1-3-5(7)8(2)4-6/h7H,3H2,1-2H3. The van der Waals surface area contributed by atoms with Crippen LogP contribution in [-0.2, 0) is 0 Å². The predicted molar refractivity (Wildman–Crippen MR) is 31.4 cm³/mol. The highest BCUT2D eigenvalue weighted by Crippen LogP contribution is 1.85. The lowest BCUT2D eigenvalue weighted by molar-refractivity contribution is 0.684. The Hall–Kier alpha value is -1.04. The molecule has 44 valence electrons. The minimum atomic E-state index is 0.354. The van der Waals surface area contributed by atoms with Crippen molar-refractivity contribution in [2.24, 2.45) is 0 Å². The summed E-state index contributed by atoms with van der Waals surface area (Å²) in [5.74, 6) is 0.354. The van der Waals surface area contributed by atoms with E-state index < -0.39 is 0 Å². The molecule has 1 N–H and O–H groups in total. The second-order valence-electron chi connectivity index (χ2n) is 1.46. The molecule has 0 bridgehead atoms. The molecule has 0 saturated carbocycles. The van der Waals surface area contributed by atoms with E-state index in [1.807, 2.05) is 13.1 Å². The van der Waals surface area contributed by atoms with Crippen molar-refractivity contribution in [1.29, 1.82) is 10.7 Å². The van der Waals surface area contributed by atoms with Crippen LogP contribution in [0.1, 0.15) is 13.3 Å². The number of amidine groups is 1. The van der Waals surface area contributed by atoms with E-state index >= 15 is 0 Å². The first-order valence-corrected chi connectivity index (χ1v) is 2.43. The highest BCUT2D eigenvalue weighted by Gasteiger charge is 1.95. The van der Waals surface area contributed by atoms with Gasteiger partial charge in [-0.2, -0.15) is 5.26 Å². The number of hydrogen-bond donors (Lipinski definition) is 1. The first-order chi connectivity index (χ1) is 3.72. The molecule has 0 aliphatic carbocycles. The van der Waals surface area contributed by atoms with Gasteiger partial charge in [0.05, 0.1) is 0 Å². The van der Waals surface area contributed by atoms with Crippen molar-refractivity contribution in [3.8, 4) is 6.19 Å². The molecule has 0 aliphatic rings. The first kappa shape index (κ1) is 6.96. The molecule has 0 rings (SSSR count). The summed E-state index contributed by atoms with van der Waals surface area (Å²) in [5.41, 5.74) is 0. The molecule has 3 heteroatoms. The minimum absolute atomic E-state index is 0.354. The number of rotatable bonds is 1. The van der Waals surface area contributed by atoms with Crippen molar-refractivity contribution in [1.82, 2.24) is 4.90 Å². The van der Waals surface area contributed by atoms with Crippen molar-refractivity contribution in [2.75, 3.05) is 7.05 Å². The van der Waals surface area contributed by atoms with E-state index in [4.69, 9.17) is 10.7 Å². The van der Waals surface area contributed by atoms with Gasteiger partial charge in [0, 0.05) is 13.5 Å². The summed E-state index contributed by atoms with van der Waals surface area (Å²) in [5, 5.41) is 15.2. The Morgan fingerprint density at radius 3 is 2.50 bits per heavy atom. The summed E-state index contributed by atoms with van der Waals surface area (Å²) < 4.78 is 0. The maximum atomic E-state index is 8.17. The van der Waals surface area contributed by atoms with E-state index in [1.165, 1.54) is 4.90 Å². The maximum Gasteiger partial charge on any atom is 0.184 e. The van der Waals surface area contributed by atoms with Crippen LogP contribution in [0.4, 0.5) is 0 Å². The molecule has 0 aromatic heterocycles. The van der Waals surface area contributed by atoms with Crippen molar-refractivity contribution in [3.63, 3.8) is 0 Å². The Balaban J connectivity index is 3.68. The van der Waals surface area contributed by atoms with Crippen LogP contribution < -0.4 is 0 Å². The Morgan fingerprint density at radius 1 is 1.88 bits per heavy atom. The molecule has 0 spiro atoms. The number of nitrogens with zero attached hydrogens (tertiary/aromatic N) is 2. The minimum Gasteiger partial charge on any atom is -0.288 e. The largest absolute Gasteiger partial charge is 0.288 e. The predicted octanol–water partition coefficient (Wildman–Crippen LogP) is 0.787. The van der Waals surface area contributed by atoms with Gasteiger partial charge < -0.3 is 0 Å². The molecule has 0 atom stereocenters. The zero-order chi connectivity index (χ0) is 6.57. The summed E-state index contributed by atoms with van der Waals surface area (Å²) in [6, 6.07) is 0. The Bertz CT molecular complexity index is 122. The molecule has 0 aliphatic heterocycles. The van der Waals surface area contributed by atoms with E-state index in [2.05, 4.69) is 0 Å². The van der Waals surface area contributed by atoms with Gasteiger partial charge in [-0.05, 0) is 0 Å². The van der Waals surface area contributed by atoms with Crippen molar-refractivity contribution in [2.45, 2.75) is 13.3 Å². The molecule has 0 aromatic rings. The molecule has 0 radical (unpaired) electrons. The lowest BCUT2D eigenvalue weighted by atomic mass is 10.4. The van der Waals surface area contributed by atoms with E-state index in [9.17, 15) is 0 Å². The average Bonchev–Trinajstić information content (AvgIpc) is 1.84. The Morgan fingerprint density at radius 2 is 2.38 bits per heavy atom. The topological polar surface area (TPSA) is 50.9 Å². The van der Waals surface area contributed by atoms with Gasteiger partial charge in [-0.1, -0.05) is 6.92 Å². The van der Waals surface area contributed by atoms with Gasteiger partial charge in [-0.15, -0.1) is 0 Å². The summed E-state index contributed by atoms with van der Waals surface area (Å²) in [6.07, 6.45) is 2.44. The van der Waals surface area contributed by atoms with E-state index in [1.54, 1.807) is 7.05 Å². The lowest BCUT2D eigenvalue weighted by Crippen LogP contribution is -2.18. The summed E-state index contributed by atoms with van der Waals surface area (Å²) >= 11 is 0. The van der Waals surface area contributed by atoms with Gasteiger partial charge in [0.25, 0.3) is 0 Å². The third kappa shape index (κ3) is 1.61. The van der Waals surface area contributed by atoms with E-state index in [0.717, 1.165) is 0 Å². The summed E-state index contributed by atoms with van der Waals surface area (Å²) in [4.78, 5) is 1.24. The third-order valence-corrected chi connectivity index (χ3v) is 0.890. The zero-order valence-electron chi connectivity index (χ0n) is 5.10. The monoisotopic (exact) mass is 111 g/mol. The van der Waals surface area contributed by atoms with Gasteiger partial charge in [0.2, 0.25) is 0 Å². The van der Waals surface area contributed by atoms with Crippen molar-refractivity contribution >= 4 is 5.84 Å². The van der Waals surface area contributed by atoms with Gasteiger partial charge in [-0.3, -0.25) is 10.3 Å². The fraction of sp³-hybridized carbons (Fsp3) is 0.600. The first-order valence-electron chi connectivity index (χ1n) is 2.43. The molecule has 0 saturated heterocycles. The highest BCUT2D eigenvalue weighted by molar-refractivity contribution is 5.79. The number of nitriles is 1. The fourth-order valence-electron chi connectivity index (χ4n) is 0.298. The third-order valence-electron chi connectivity index (χ3n) is 0.890. The van der Waals surface area contributed by atoms with Crippen LogP contribution in [0.5, 0.6) is 0 Å². The van der Waals surface area contributed by atoms with Crippen LogP contribution in [0, 0.1) is 16.9 Å². The Labute approximate surface area is 49.0 Å². The average molecular weight is 111 g/mol. The quantitative estimate of drug-likeness (QED) is 0.235. The molecule has 0 heterocycles. The van der Waals surface area contributed by atoms with Crippen LogP contribution in [-0.4, -0.2) is 17.8 Å². The van der Waals surface area contributed by atoms with Gasteiger partial charge in [0.1, 0.15) is 5.84 Å². The van der Waals surface area contributed by atoms with Crippen molar-refractivity contribution in [3.05, 3.63) is 0 Å². The zero-order valence-corrected chi connectivity index (χ0v) is 5.10. The highest BCUT2D eigenvalue weighted by atomic mass is 15.1.